The molecule has 178 valence electrons. The van der Waals surface area contributed by atoms with E-state index in [4.69, 9.17) is 0 Å². The van der Waals surface area contributed by atoms with Gasteiger partial charge in [0, 0.05) is 37.8 Å². The van der Waals surface area contributed by atoms with Crippen molar-refractivity contribution >= 4 is 11.6 Å². The highest BCUT2D eigenvalue weighted by Crippen LogP contribution is 2.48. The van der Waals surface area contributed by atoms with E-state index in [9.17, 15) is 9.59 Å². The molecule has 3 aliphatic rings. The topological polar surface area (TPSA) is 37.4 Å². The van der Waals surface area contributed by atoms with Gasteiger partial charge >= 0.3 is 0 Å². The second kappa shape index (κ2) is 12.0. The van der Waals surface area contributed by atoms with Gasteiger partial charge in [0.2, 0.25) is 0 Å². The molecular weight excluding hydrogens is 382 g/mol. The molecule has 0 amide bonds. The number of hydrogen-bond donors (Lipinski definition) is 0. The Morgan fingerprint density at radius 2 is 1.19 bits per heavy atom. The predicted molar refractivity (Wildman–Crippen MR) is 129 cm³/mol. The molecule has 2 unspecified atom stereocenters. The zero-order valence-electron chi connectivity index (χ0n) is 20.8. The fourth-order valence-corrected chi connectivity index (χ4v) is 6.58. The van der Waals surface area contributed by atoms with Gasteiger partial charge in [-0.1, -0.05) is 59.3 Å². The maximum absolute atomic E-state index is 12.8. The Hall–Kier alpha value is -0.700. The van der Waals surface area contributed by atoms with E-state index in [2.05, 4.69) is 25.7 Å². The summed E-state index contributed by atoms with van der Waals surface area (Å²) in [4.78, 5) is 28.1. The lowest BCUT2D eigenvalue weighted by molar-refractivity contribution is -0.124. The Labute approximate surface area is 192 Å². The van der Waals surface area contributed by atoms with Gasteiger partial charge in [0.1, 0.15) is 11.6 Å². The Kier molecular flexibility index (Phi) is 9.62. The smallest absolute Gasteiger partial charge is 0.137 e. The maximum Gasteiger partial charge on any atom is 0.137 e. The minimum Gasteiger partial charge on any atom is -0.302 e. The summed E-state index contributed by atoms with van der Waals surface area (Å²) >= 11 is 0. The number of ketones is 2. The van der Waals surface area contributed by atoms with Crippen molar-refractivity contribution in [1.82, 2.24) is 4.90 Å². The molecule has 0 aromatic carbocycles. The third kappa shape index (κ3) is 7.14. The van der Waals surface area contributed by atoms with Crippen LogP contribution in [0, 0.1) is 29.1 Å². The number of rotatable bonds is 11. The van der Waals surface area contributed by atoms with Crippen LogP contribution in [0.1, 0.15) is 117 Å². The molecule has 3 saturated carbocycles. The largest absolute Gasteiger partial charge is 0.302 e. The molecule has 3 rings (SSSR count). The van der Waals surface area contributed by atoms with Crippen LogP contribution in [0.25, 0.3) is 0 Å². The highest BCUT2D eigenvalue weighted by atomic mass is 16.1. The lowest BCUT2D eigenvalue weighted by Crippen LogP contribution is -2.34. The highest BCUT2D eigenvalue weighted by Gasteiger charge is 2.40. The van der Waals surface area contributed by atoms with Crippen LogP contribution in [0.5, 0.6) is 0 Å². The van der Waals surface area contributed by atoms with E-state index in [1.807, 2.05) is 0 Å². The summed E-state index contributed by atoms with van der Waals surface area (Å²) in [6.45, 7) is 10.1. The third-order valence-electron chi connectivity index (χ3n) is 9.53. The van der Waals surface area contributed by atoms with Crippen LogP contribution in [-0.2, 0) is 9.59 Å². The molecule has 3 aliphatic carbocycles. The van der Waals surface area contributed by atoms with Gasteiger partial charge in [-0.15, -0.1) is 0 Å². The van der Waals surface area contributed by atoms with E-state index in [1.165, 1.54) is 57.8 Å². The van der Waals surface area contributed by atoms with Gasteiger partial charge in [0.05, 0.1) is 0 Å². The van der Waals surface area contributed by atoms with Gasteiger partial charge < -0.3 is 4.90 Å². The monoisotopic (exact) mass is 431 g/mol. The van der Waals surface area contributed by atoms with Crippen molar-refractivity contribution in [3.8, 4) is 0 Å². The van der Waals surface area contributed by atoms with E-state index >= 15 is 0 Å². The first-order valence-electron chi connectivity index (χ1n) is 13.7. The number of Topliss-reactive ketones (excluding diaryl/α,β-unsaturated/α-hetero) is 2. The van der Waals surface area contributed by atoms with Crippen LogP contribution in [0.4, 0.5) is 0 Å². The Morgan fingerprint density at radius 1 is 0.710 bits per heavy atom. The molecule has 3 fully saturated rings. The molecule has 0 radical (unpaired) electrons. The average Bonchev–Trinajstić information content (AvgIpc) is 3.05. The highest BCUT2D eigenvalue weighted by molar-refractivity contribution is 5.81. The maximum atomic E-state index is 12.8. The number of carbonyl (C=O) groups is 2. The van der Waals surface area contributed by atoms with Gasteiger partial charge in [0.25, 0.3) is 0 Å². The van der Waals surface area contributed by atoms with Gasteiger partial charge in [0.15, 0.2) is 0 Å². The molecule has 0 aromatic heterocycles. The molecule has 0 heterocycles. The van der Waals surface area contributed by atoms with Crippen LogP contribution in [-0.4, -0.2) is 36.1 Å². The molecule has 0 spiro atoms. The van der Waals surface area contributed by atoms with Crippen molar-refractivity contribution < 1.29 is 9.59 Å². The van der Waals surface area contributed by atoms with Crippen LogP contribution in [0.15, 0.2) is 0 Å². The fourth-order valence-electron chi connectivity index (χ4n) is 6.58. The molecule has 0 N–H and O–H groups in total. The number of nitrogens with zero attached hydrogens (tertiary/aromatic N) is 1. The molecule has 3 heteroatoms. The first kappa shape index (κ1) is 24.9. The standard InChI is InChI=1S/C28H49NO2/c1-22-14-15-25(28(22,2)3)16-19-29(20-17-26(30)23-10-6-4-7-11-23)21-18-27(31)24-12-8-5-9-13-24/h22-25H,4-21H2,1-3H3. The number of hydrogen-bond acceptors (Lipinski definition) is 3. The van der Waals surface area contributed by atoms with Crippen molar-refractivity contribution in [2.24, 2.45) is 29.1 Å². The molecule has 31 heavy (non-hydrogen) atoms. The summed E-state index contributed by atoms with van der Waals surface area (Å²) in [5, 5.41) is 0. The fraction of sp³-hybridized carbons (Fsp3) is 0.929. The average molecular weight is 432 g/mol. The number of carbonyl (C=O) groups excluding carboxylic acids is 2. The summed E-state index contributed by atoms with van der Waals surface area (Å²) in [7, 11) is 0. The Bertz CT molecular complexity index is 538. The molecule has 3 nitrogen and oxygen atoms in total. The van der Waals surface area contributed by atoms with E-state index < -0.39 is 0 Å². The summed E-state index contributed by atoms with van der Waals surface area (Å²) in [5.74, 6) is 3.17. The van der Waals surface area contributed by atoms with Gasteiger partial charge in [-0.25, -0.2) is 0 Å². The lowest BCUT2D eigenvalue weighted by atomic mass is 9.75. The SMILES string of the molecule is CC1CCC(CCN(CCC(=O)C2CCCCC2)CCC(=O)C2CCCCC2)C1(C)C. The summed E-state index contributed by atoms with van der Waals surface area (Å²) in [6.07, 6.45) is 17.2. The lowest BCUT2D eigenvalue weighted by Gasteiger charge is -2.33. The minimum atomic E-state index is 0.314. The molecule has 0 saturated heterocycles. The summed E-state index contributed by atoms with van der Waals surface area (Å²) in [6, 6.07) is 0. The molecule has 0 bridgehead atoms. The van der Waals surface area contributed by atoms with Crippen molar-refractivity contribution in [3.63, 3.8) is 0 Å². The second-order valence-electron chi connectivity index (χ2n) is 11.7. The van der Waals surface area contributed by atoms with Gasteiger partial charge in [-0.3, -0.25) is 9.59 Å². The molecule has 0 aromatic rings. The zero-order chi connectivity index (χ0) is 22.3. The molecule has 2 atom stereocenters. The Balaban J connectivity index is 1.51. The second-order valence-corrected chi connectivity index (χ2v) is 11.7. The van der Waals surface area contributed by atoms with E-state index in [0.29, 0.717) is 41.7 Å². The normalized spacial score (nSPS) is 27.6. The van der Waals surface area contributed by atoms with Gasteiger partial charge in [-0.05, 0) is 68.7 Å². The first-order chi connectivity index (χ1) is 14.9. The minimum absolute atomic E-state index is 0.314. The zero-order valence-corrected chi connectivity index (χ0v) is 20.8. The molecule has 0 aliphatic heterocycles. The van der Waals surface area contributed by atoms with Crippen LogP contribution in [0.3, 0.4) is 0 Å². The van der Waals surface area contributed by atoms with Crippen molar-refractivity contribution in [3.05, 3.63) is 0 Å². The van der Waals surface area contributed by atoms with E-state index in [-0.39, 0.29) is 0 Å². The van der Waals surface area contributed by atoms with Crippen molar-refractivity contribution in [2.45, 2.75) is 117 Å². The van der Waals surface area contributed by atoms with E-state index in [0.717, 1.165) is 57.2 Å². The predicted octanol–water partition coefficient (Wildman–Crippen LogP) is 6.83. The van der Waals surface area contributed by atoms with Crippen LogP contribution in [0.2, 0.25) is 0 Å². The van der Waals surface area contributed by atoms with Crippen LogP contribution >= 0.6 is 0 Å². The summed E-state index contributed by atoms with van der Waals surface area (Å²) < 4.78 is 0. The van der Waals surface area contributed by atoms with Crippen LogP contribution < -0.4 is 0 Å². The van der Waals surface area contributed by atoms with Gasteiger partial charge in [-0.2, -0.15) is 0 Å². The van der Waals surface area contributed by atoms with Crippen molar-refractivity contribution in [1.29, 1.82) is 0 Å². The molecular formula is C28H49NO2. The quantitative estimate of drug-likeness (QED) is 0.360. The van der Waals surface area contributed by atoms with E-state index in [1.54, 1.807) is 0 Å². The third-order valence-corrected chi connectivity index (χ3v) is 9.53. The summed E-state index contributed by atoms with van der Waals surface area (Å²) in [5.41, 5.74) is 0.418. The Morgan fingerprint density at radius 3 is 1.61 bits per heavy atom. The first-order valence-corrected chi connectivity index (χ1v) is 13.7. The van der Waals surface area contributed by atoms with Crippen molar-refractivity contribution in [2.75, 3.05) is 19.6 Å².